The first-order valence-electron chi connectivity index (χ1n) is 21.0. The minimum atomic E-state index is -2.03. The Hall–Kier alpha value is -0.360. The van der Waals surface area contributed by atoms with E-state index in [1.54, 1.807) is 0 Å². The minimum absolute atomic E-state index is 0.155. The molecule has 0 N–H and O–H groups in total. The van der Waals surface area contributed by atoms with Crippen molar-refractivity contribution in [1.29, 1.82) is 0 Å². The van der Waals surface area contributed by atoms with E-state index in [4.69, 9.17) is 4.52 Å². The monoisotopic (exact) mass is 653 g/mol. The molecule has 0 aliphatic rings. The Bertz CT molecular complexity index is 575. The summed E-state index contributed by atoms with van der Waals surface area (Å²) in [6.45, 7) is 9.19. The molecule has 0 heterocycles. The van der Waals surface area contributed by atoms with Gasteiger partial charge in [-0.2, -0.15) is 0 Å². The molecule has 0 amide bonds. The summed E-state index contributed by atoms with van der Waals surface area (Å²) in [6, 6.07) is 0. The maximum atomic E-state index is 13.3. The molecule has 0 aromatic rings. The molecule has 270 valence electrons. The number of hydrogen-bond donors (Lipinski definition) is 0. The normalized spacial score (nSPS) is 12.4. The molecule has 0 rings (SSSR count). The van der Waals surface area contributed by atoms with Crippen molar-refractivity contribution < 1.29 is 9.32 Å². The number of hydrogen-bond acceptors (Lipinski definition) is 2. The predicted molar refractivity (Wildman–Crippen MR) is 209 cm³/mol. The van der Waals surface area contributed by atoms with E-state index in [1.165, 1.54) is 211 Å². The van der Waals surface area contributed by atoms with Crippen LogP contribution in [-0.4, -0.2) is 24.5 Å². The Kier molecular flexibility index (Phi) is 36.2. The fraction of sp³-hybridized carbons (Fsp3) is 0.929. The Morgan fingerprint density at radius 2 is 0.689 bits per heavy atom. The first-order valence-corrected chi connectivity index (χ1v) is 23.5. The van der Waals surface area contributed by atoms with Gasteiger partial charge < -0.3 is 0 Å². The molecule has 0 aromatic heterocycles. The van der Waals surface area contributed by atoms with Crippen LogP contribution in [0.1, 0.15) is 233 Å². The van der Waals surface area contributed by atoms with Crippen molar-refractivity contribution in [3.05, 3.63) is 12.2 Å². The number of carbonyl (C=O) groups excluding carboxylic acids is 1. The molecule has 2 nitrogen and oxygen atoms in total. The van der Waals surface area contributed by atoms with Crippen LogP contribution in [0.25, 0.3) is 0 Å². The van der Waals surface area contributed by atoms with E-state index in [0.29, 0.717) is 6.42 Å². The predicted octanol–water partition coefficient (Wildman–Crippen LogP) is 15.3. The van der Waals surface area contributed by atoms with Crippen LogP contribution in [0.5, 0.6) is 0 Å². The molecule has 0 saturated heterocycles. The van der Waals surface area contributed by atoms with Crippen LogP contribution < -0.4 is 0 Å². The third-order valence-corrected chi connectivity index (χ3v) is 14.4. The molecule has 0 fully saturated rings. The molecule has 0 aliphatic carbocycles. The van der Waals surface area contributed by atoms with Crippen molar-refractivity contribution in [2.24, 2.45) is 0 Å². The van der Waals surface area contributed by atoms with Crippen molar-refractivity contribution in [2.45, 2.75) is 233 Å². The summed E-state index contributed by atoms with van der Waals surface area (Å²) in [5, 5.41) is 0. The maximum absolute atomic E-state index is 13.3. The van der Waals surface area contributed by atoms with Gasteiger partial charge in [-0.05, 0) is 6.42 Å². The van der Waals surface area contributed by atoms with Crippen molar-refractivity contribution in [2.75, 3.05) is 18.5 Å². The third-order valence-electron chi connectivity index (χ3n) is 9.93. The molecule has 0 atom stereocenters. The zero-order valence-electron chi connectivity index (χ0n) is 31.7. The fourth-order valence-corrected chi connectivity index (χ4v) is 11.2. The van der Waals surface area contributed by atoms with Gasteiger partial charge in [0, 0.05) is 0 Å². The van der Waals surface area contributed by atoms with E-state index < -0.39 is 7.49 Å². The number of unbranched alkanes of at least 4 members (excludes halogenated alkanes) is 26. The van der Waals surface area contributed by atoms with E-state index in [0.717, 1.165) is 6.42 Å². The SMILES string of the molecule is CCCCCCCC/C=C\CCCCCCCC(=O)O[PH](CCCCCCCC)(CCCCCCCC)CCCCCCCC. The summed E-state index contributed by atoms with van der Waals surface area (Å²) < 4.78 is 6.73. The Morgan fingerprint density at radius 1 is 0.400 bits per heavy atom. The Balaban J connectivity index is 4.65. The van der Waals surface area contributed by atoms with Crippen LogP contribution >= 0.6 is 7.49 Å². The quantitative estimate of drug-likeness (QED) is 0.0379. The van der Waals surface area contributed by atoms with Gasteiger partial charge >= 0.3 is 241 Å². The Labute approximate surface area is 285 Å². The van der Waals surface area contributed by atoms with E-state index in [2.05, 4.69) is 39.8 Å². The second-order valence-corrected chi connectivity index (χ2v) is 18.6. The van der Waals surface area contributed by atoms with Gasteiger partial charge in [0.25, 0.3) is 0 Å². The molecule has 3 heteroatoms. The van der Waals surface area contributed by atoms with Gasteiger partial charge in [0.2, 0.25) is 0 Å². The standard InChI is InChI=1S/C42H85O2P/c1-5-9-13-17-21-22-23-24-25-26-27-28-29-30-34-38-42(43)44-45(39-35-31-18-14-10-6-2,40-36-32-19-15-11-7-3)41-37-33-20-16-12-8-4/h24-25,45H,5-23,26-41H2,1-4H3/b25-24-. The second-order valence-electron chi connectivity index (χ2n) is 14.5. The average molecular weight is 653 g/mol. The molecular weight excluding hydrogens is 567 g/mol. The number of allylic oxidation sites excluding steroid dienone is 2. The fourth-order valence-electron chi connectivity index (χ4n) is 6.84. The van der Waals surface area contributed by atoms with Crippen LogP contribution in [-0.2, 0) is 9.32 Å². The van der Waals surface area contributed by atoms with Crippen molar-refractivity contribution >= 4 is 13.5 Å². The summed E-state index contributed by atoms with van der Waals surface area (Å²) >= 11 is 0. The van der Waals surface area contributed by atoms with Gasteiger partial charge in [0.05, 0.1) is 0 Å². The molecule has 0 unspecified atom stereocenters. The van der Waals surface area contributed by atoms with Gasteiger partial charge in [0.1, 0.15) is 0 Å². The summed E-state index contributed by atoms with van der Waals surface area (Å²) in [5.41, 5.74) is 0. The van der Waals surface area contributed by atoms with Crippen LogP contribution in [0.2, 0.25) is 0 Å². The first kappa shape index (κ1) is 44.6. The van der Waals surface area contributed by atoms with E-state index in [-0.39, 0.29) is 5.97 Å². The van der Waals surface area contributed by atoms with Crippen LogP contribution in [0.3, 0.4) is 0 Å². The van der Waals surface area contributed by atoms with Gasteiger partial charge in [-0.15, -0.1) is 0 Å². The second kappa shape index (κ2) is 36.5. The molecule has 0 aromatic carbocycles. The van der Waals surface area contributed by atoms with Crippen LogP contribution in [0, 0.1) is 0 Å². The summed E-state index contributed by atoms with van der Waals surface area (Å²) in [7, 11) is -2.03. The molecule has 0 spiro atoms. The molecule has 0 saturated carbocycles. The Morgan fingerprint density at radius 3 is 1.04 bits per heavy atom. The number of rotatable bonds is 37. The van der Waals surface area contributed by atoms with Crippen molar-refractivity contribution in [3.63, 3.8) is 0 Å². The molecule has 0 radical (unpaired) electrons. The molecular formula is C42H85O2P. The average Bonchev–Trinajstić information content (AvgIpc) is 3.04. The van der Waals surface area contributed by atoms with E-state index >= 15 is 0 Å². The summed E-state index contributed by atoms with van der Waals surface area (Å²) in [4.78, 5) is 13.3. The van der Waals surface area contributed by atoms with Gasteiger partial charge in [-0.1, -0.05) is 39.0 Å². The topological polar surface area (TPSA) is 26.3 Å². The molecule has 0 bridgehead atoms. The zero-order chi connectivity index (χ0) is 32.9. The van der Waals surface area contributed by atoms with E-state index in [1.807, 2.05) is 0 Å². The van der Waals surface area contributed by atoms with Crippen molar-refractivity contribution in [1.82, 2.24) is 0 Å². The zero-order valence-corrected chi connectivity index (χ0v) is 32.7. The summed E-state index contributed by atoms with van der Waals surface area (Å²) in [5.74, 6) is 0.155. The molecule has 45 heavy (non-hydrogen) atoms. The van der Waals surface area contributed by atoms with Gasteiger partial charge in [0.15, 0.2) is 0 Å². The van der Waals surface area contributed by atoms with Crippen molar-refractivity contribution in [3.8, 4) is 0 Å². The van der Waals surface area contributed by atoms with Gasteiger partial charge in [-0.25, -0.2) is 0 Å². The number of carbonyl (C=O) groups is 1. The summed E-state index contributed by atoms with van der Waals surface area (Å²) in [6.07, 6.45) is 50.0. The van der Waals surface area contributed by atoms with E-state index in [9.17, 15) is 4.79 Å². The first-order chi connectivity index (χ1) is 22.1. The molecule has 0 aliphatic heterocycles. The third kappa shape index (κ3) is 32.0. The van der Waals surface area contributed by atoms with Gasteiger partial charge in [-0.3, -0.25) is 0 Å². The van der Waals surface area contributed by atoms with Crippen LogP contribution in [0.4, 0.5) is 0 Å². The van der Waals surface area contributed by atoms with Crippen LogP contribution in [0.15, 0.2) is 12.2 Å².